The molecule has 0 aliphatic carbocycles. The van der Waals surface area contributed by atoms with E-state index in [2.05, 4.69) is 5.32 Å². The zero-order valence-corrected chi connectivity index (χ0v) is 12.7. The van der Waals surface area contributed by atoms with Crippen LogP contribution in [0.2, 0.25) is 0 Å². The minimum atomic E-state index is -0.426. The van der Waals surface area contributed by atoms with E-state index in [1.165, 1.54) is 0 Å². The molecule has 0 radical (unpaired) electrons. The van der Waals surface area contributed by atoms with Crippen LogP contribution in [0.25, 0.3) is 0 Å². The summed E-state index contributed by atoms with van der Waals surface area (Å²) in [7, 11) is 0. The third-order valence-corrected chi connectivity index (χ3v) is 3.15. The van der Waals surface area contributed by atoms with E-state index >= 15 is 0 Å². The molecule has 0 aliphatic heterocycles. The van der Waals surface area contributed by atoms with E-state index in [0.717, 1.165) is 16.7 Å². The van der Waals surface area contributed by atoms with Crippen molar-refractivity contribution in [3.05, 3.63) is 34.4 Å². The number of nitrogens with one attached hydrogen (secondary N) is 1. The van der Waals surface area contributed by atoms with Gasteiger partial charge in [0.15, 0.2) is 5.78 Å². The summed E-state index contributed by atoms with van der Waals surface area (Å²) in [5.74, 6) is -0.143. The van der Waals surface area contributed by atoms with Gasteiger partial charge in [-0.15, -0.1) is 0 Å². The molecule has 1 N–H and O–H groups in total. The minimum Gasteiger partial charge on any atom is -0.345 e. The molecular formula is C16H23NO2. The molecule has 3 nitrogen and oxygen atoms in total. The zero-order chi connectivity index (χ0) is 14.8. The number of rotatable bonds is 3. The summed E-state index contributed by atoms with van der Waals surface area (Å²) in [6.07, 6.45) is 0. The lowest BCUT2D eigenvalue weighted by Crippen LogP contribution is -2.36. The van der Waals surface area contributed by atoms with E-state index in [1.807, 2.05) is 53.7 Å². The molecule has 0 atom stereocenters. The fourth-order valence-corrected chi connectivity index (χ4v) is 2.05. The van der Waals surface area contributed by atoms with Crippen molar-refractivity contribution in [3.63, 3.8) is 0 Å². The van der Waals surface area contributed by atoms with Gasteiger partial charge in [-0.2, -0.15) is 0 Å². The molecule has 104 valence electrons. The molecule has 0 bridgehead atoms. The molecule has 0 heterocycles. The number of carbonyl (C=O) groups is 2. The van der Waals surface area contributed by atoms with Gasteiger partial charge >= 0.3 is 0 Å². The van der Waals surface area contributed by atoms with Crippen molar-refractivity contribution in [2.75, 3.05) is 6.54 Å². The van der Waals surface area contributed by atoms with Crippen molar-refractivity contribution < 1.29 is 9.59 Å². The number of ketones is 1. The predicted molar refractivity (Wildman–Crippen MR) is 77.4 cm³/mol. The van der Waals surface area contributed by atoms with Gasteiger partial charge in [0.1, 0.15) is 0 Å². The average molecular weight is 261 g/mol. The molecule has 1 aromatic carbocycles. The van der Waals surface area contributed by atoms with Crippen LogP contribution in [0.15, 0.2) is 12.1 Å². The molecule has 0 saturated carbocycles. The smallest absolute Gasteiger partial charge is 0.252 e. The summed E-state index contributed by atoms with van der Waals surface area (Å²) in [5, 5.41) is 2.72. The highest BCUT2D eigenvalue weighted by atomic mass is 16.2. The normalized spacial score (nSPS) is 11.3. The summed E-state index contributed by atoms with van der Waals surface area (Å²) >= 11 is 0. The standard InChI is InChI=1S/C16H23NO2/c1-10-7-11(2)14(12(3)8-10)15(19)17-9-13(18)16(4,5)6/h7-8H,9H2,1-6H3,(H,17,19). The second-order valence-electron chi connectivity index (χ2n) is 6.13. The number of carbonyl (C=O) groups excluding carboxylic acids is 2. The topological polar surface area (TPSA) is 46.2 Å². The SMILES string of the molecule is Cc1cc(C)c(C(=O)NCC(=O)C(C)(C)C)c(C)c1. The van der Waals surface area contributed by atoms with Crippen molar-refractivity contribution in [1.82, 2.24) is 5.32 Å². The van der Waals surface area contributed by atoms with Crippen LogP contribution in [-0.4, -0.2) is 18.2 Å². The average Bonchev–Trinajstić information content (AvgIpc) is 2.22. The molecule has 1 aromatic rings. The summed E-state index contributed by atoms with van der Waals surface area (Å²) in [6, 6.07) is 3.96. The molecular weight excluding hydrogens is 238 g/mol. The van der Waals surface area contributed by atoms with Crippen LogP contribution >= 0.6 is 0 Å². The monoisotopic (exact) mass is 261 g/mol. The third kappa shape index (κ3) is 3.91. The van der Waals surface area contributed by atoms with Crippen molar-refractivity contribution in [2.24, 2.45) is 5.41 Å². The first-order valence-corrected chi connectivity index (χ1v) is 6.52. The van der Waals surface area contributed by atoms with Crippen LogP contribution < -0.4 is 5.32 Å². The highest BCUT2D eigenvalue weighted by molar-refractivity contribution is 5.99. The first-order chi connectivity index (χ1) is 8.62. The lowest BCUT2D eigenvalue weighted by Gasteiger charge is -2.17. The maximum absolute atomic E-state index is 12.2. The summed E-state index contributed by atoms with van der Waals surface area (Å²) in [6.45, 7) is 11.5. The van der Waals surface area contributed by atoms with E-state index in [0.29, 0.717) is 5.56 Å². The van der Waals surface area contributed by atoms with Crippen molar-refractivity contribution in [1.29, 1.82) is 0 Å². The number of aryl methyl sites for hydroxylation is 3. The van der Waals surface area contributed by atoms with Crippen molar-refractivity contribution in [3.8, 4) is 0 Å². The Hall–Kier alpha value is -1.64. The molecule has 0 fully saturated rings. The Kier molecular flexibility index (Phi) is 4.51. The second-order valence-corrected chi connectivity index (χ2v) is 6.13. The first kappa shape index (κ1) is 15.4. The molecule has 0 aromatic heterocycles. The maximum atomic E-state index is 12.2. The Labute approximate surface area is 115 Å². The van der Waals surface area contributed by atoms with Gasteiger partial charge in [0.05, 0.1) is 6.54 Å². The molecule has 1 rings (SSSR count). The molecule has 0 saturated heterocycles. The van der Waals surface area contributed by atoms with Crippen LogP contribution in [0.5, 0.6) is 0 Å². The van der Waals surface area contributed by atoms with Gasteiger partial charge in [-0.1, -0.05) is 38.5 Å². The Morgan fingerprint density at radius 2 is 1.53 bits per heavy atom. The molecule has 19 heavy (non-hydrogen) atoms. The molecule has 3 heteroatoms. The van der Waals surface area contributed by atoms with Gasteiger partial charge < -0.3 is 5.32 Å². The zero-order valence-electron chi connectivity index (χ0n) is 12.7. The second kappa shape index (κ2) is 5.55. The van der Waals surface area contributed by atoms with Gasteiger partial charge in [-0.05, 0) is 31.9 Å². The number of hydrogen-bond donors (Lipinski definition) is 1. The number of Topliss-reactive ketones (excluding diaryl/α,β-unsaturated/α-hetero) is 1. The van der Waals surface area contributed by atoms with Gasteiger partial charge in [-0.3, -0.25) is 9.59 Å². The molecule has 0 aliphatic rings. The fourth-order valence-electron chi connectivity index (χ4n) is 2.05. The third-order valence-electron chi connectivity index (χ3n) is 3.15. The van der Waals surface area contributed by atoms with E-state index < -0.39 is 5.41 Å². The largest absolute Gasteiger partial charge is 0.345 e. The highest BCUT2D eigenvalue weighted by Gasteiger charge is 2.22. The lowest BCUT2D eigenvalue weighted by molar-refractivity contribution is -0.125. The quantitative estimate of drug-likeness (QED) is 0.909. The van der Waals surface area contributed by atoms with E-state index in [-0.39, 0.29) is 18.2 Å². The van der Waals surface area contributed by atoms with E-state index in [9.17, 15) is 9.59 Å². The van der Waals surface area contributed by atoms with Gasteiger partial charge in [-0.25, -0.2) is 0 Å². The molecule has 1 amide bonds. The maximum Gasteiger partial charge on any atom is 0.252 e. The Morgan fingerprint density at radius 3 is 1.95 bits per heavy atom. The number of hydrogen-bond acceptors (Lipinski definition) is 2. The van der Waals surface area contributed by atoms with Crippen LogP contribution in [0, 0.1) is 26.2 Å². The fraction of sp³-hybridized carbons (Fsp3) is 0.500. The van der Waals surface area contributed by atoms with Crippen LogP contribution in [0.4, 0.5) is 0 Å². The lowest BCUT2D eigenvalue weighted by atomic mass is 9.91. The Bertz CT molecular complexity index is 487. The van der Waals surface area contributed by atoms with Crippen LogP contribution in [0.1, 0.15) is 47.8 Å². The summed E-state index contributed by atoms with van der Waals surface area (Å²) < 4.78 is 0. The molecule has 0 unspecified atom stereocenters. The summed E-state index contributed by atoms with van der Waals surface area (Å²) in [4.78, 5) is 24.0. The Morgan fingerprint density at radius 1 is 1.05 bits per heavy atom. The molecule has 0 spiro atoms. The Balaban J connectivity index is 2.83. The summed E-state index contributed by atoms with van der Waals surface area (Å²) in [5.41, 5.74) is 3.27. The number of amides is 1. The van der Waals surface area contributed by atoms with Crippen LogP contribution in [-0.2, 0) is 4.79 Å². The highest BCUT2D eigenvalue weighted by Crippen LogP contribution is 2.17. The van der Waals surface area contributed by atoms with Gasteiger partial charge in [0, 0.05) is 11.0 Å². The van der Waals surface area contributed by atoms with E-state index in [4.69, 9.17) is 0 Å². The van der Waals surface area contributed by atoms with Gasteiger partial charge in [0.2, 0.25) is 0 Å². The van der Waals surface area contributed by atoms with Crippen molar-refractivity contribution in [2.45, 2.75) is 41.5 Å². The van der Waals surface area contributed by atoms with Crippen molar-refractivity contribution >= 4 is 11.7 Å². The minimum absolute atomic E-state index is 0.0308. The van der Waals surface area contributed by atoms with Crippen LogP contribution in [0.3, 0.4) is 0 Å². The first-order valence-electron chi connectivity index (χ1n) is 6.52. The van der Waals surface area contributed by atoms with E-state index in [1.54, 1.807) is 0 Å². The number of benzene rings is 1. The predicted octanol–water partition coefficient (Wildman–Crippen LogP) is 2.96. The van der Waals surface area contributed by atoms with Gasteiger partial charge in [0.25, 0.3) is 5.91 Å².